The van der Waals surface area contributed by atoms with Gasteiger partial charge < -0.3 is 28.1 Å². The van der Waals surface area contributed by atoms with Crippen LogP contribution in [0.1, 0.15) is 6.92 Å². The smallest absolute Gasteiger partial charge is 0.344 e. The number of ether oxygens (including phenoxy) is 5. The summed E-state index contributed by atoms with van der Waals surface area (Å²) in [7, 11) is 4.54. The SMILES string of the molecule is CCOC(=O)COc1ccc2c(=O)cc(-c3cc(OC)c(OC)cc3OC)oc2c1. The van der Waals surface area contributed by atoms with Crippen molar-refractivity contribution in [3.8, 4) is 34.3 Å². The minimum atomic E-state index is -0.483. The quantitative estimate of drug-likeness (QED) is 0.518. The Bertz CT molecular complexity index is 1120. The molecule has 1 aromatic heterocycles. The minimum Gasteiger partial charge on any atom is -0.496 e. The zero-order chi connectivity index (χ0) is 21.7. The fraction of sp³-hybridized carbons (Fsp3) is 0.273. The standard InChI is InChI=1S/C22H22O8/c1-5-28-22(24)12-29-13-6-7-14-16(23)10-19(30-18(14)8-13)15-9-20(26-3)21(27-4)11-17(15)25-2/h6-11H,5,12H2,1-4H3. The van der Waals surface area contributed by atoms with Crippen LogP contribution in [0, 0.1) is 0 Å². The number of fused-ring (bicyclic) bond motifs is 1. The molecule has 0 N–H and O–H groups in total. The summed E-state index contributed by atoms with van der Waals surface area (Å²) >= 11 is 0. The number of carbonyl (C=O) groups is 1. The average Bonchev–Trinajstić information content (AvgIpc) is 2.76. The molecule has 0 aliphatic carbocycles. The van der Waals surface area contributed by atoms with E-state index in [4.69, 9.17) is 28.1 Å². The number of rotatable bonds is 8. The molecular weight excluding hydrogens is 392 g/mol. The van der Waals surface area contributed by atoms with E-state index in [-0.39, 0.29) is 24.4 Å². The van der Waals surface area contributed by atoms with Gasteiger partial charge in [-0.25, -0.2) is 4.79 Å². The van der Waals surface area contributed by atoms with Gasteiger partial charge in [0.1, 0.15) is 22.8 Å². The van der Waals surface area contributed by atoms with Gasteiger partial charge >= 0.3 is 5.97 Å². The van der Waals surface area contributed by atoms with Crippen LogP contribution in [0.5, 0.6) is 23.0 Å². The van der Waals surface area contributed by atoms with E-state index >= 15 is 0 Å². The third-order valence-electron chi connectivity index (χ3n) is 4.33. The van der Waals surface area contributed by atoms with Crippen LogP contribution < -0.4 is 24.4 Å². The molecule has 0 atom stereocenters. The first-order valence-electron chi connectivity index (χ1n) is 9.17. The van der Waals surface area contributed by atoms with E-state index in [1.165, 1.54) is 27.4 Å². The number of hydrogen-bond acceptors (Lipinski definition) is 8. The van der Waals surface area contributed by atoms with E-state index in [1.54, 1.807) is 37.3 Å². The monoisotopic (exact) mass is 414 g/mol. The molecule has 8 heteroatoms. The van der Waals surface area contributed by atoms with Gasteiger partial charge in [0.2, 0.25) is 0 Å². The average molecular weight is 414 g/mol. The lowest BCUT2D eigenvalue weighted by molar-refractivity contribution is -0.145. The summed E-state index contributed by atoms with van der Waals surface area (Å²) < 4.78 is 32.3. The summed E-state index contributed by atoms with van der Waals surface area (Å²) in [6.45, 7) is 1.74. The number of benzene rings is 2. The van der Waals surface area contributed by atoms with Crippen molar-refractivity contribution in [1.82, 2.24) is 0 Å². The molecule has 0 unspecified atom stereocenters. The first-order chi connectivity index (χ1) is 14.5. The highest BCUT2D eigenvalue weighted by atomic mass is 16.6. The van der Waals surface area contributed by atoms with Gasteiger partial charge in [-0.1, -0.05) is 0 Å². The predicted molar refractivity (Wildman–Crippen MR) is 110 cm³/mol. The number of methoxy groups -OCH3 is 3. The van der Waals surface area contributed by atoms with Crippen molar-refractivity contribution in [3.63, 3.8) is 0 Å². The number of hydrogen-bond donors (Lipinski definition) is 0. The Labute approximate surface area is 172 Å². The molecule has 0 saturated heterocycles. The predicted octanol–water partition coefficient (Wildman–Crippen LogP) is 3.43. The lowest BCUT2D eigenvalue weighted by Gasteiger charge is -2.14. The molecule has 0 fully saturated rings. The molecule has 0 aliphatic rings. The molecule has 3 rings (SSSR count). The number of esters is 1. The highest BCUT2D eigenvalue weighted by molar-refractivity contribution is 5.81. The zero-order valence-electron chi connectivity index (χ0n) is 17.1. The van der Waals surface area contributed by atoms with Gasteiger partial charge in [0.15, 0.2) is 23.5 Å². The van der Waals surface area contributed by atoms with Crippen molar-refractivity contribution in [1.29, 1.82) is 0 Å². The van der Waals surface area contributed by atoms with Gasteiger partial charge in [-0.15, -0.1) is 0 Å². The Morgan fingerprint density at radius 3 is 2.30 bits per heavy atom. The molecule has 30 heavy (non-hydrogen) atoms. The second-order valence-electron chi connectivity index (χ2n) is 6.13. The van der Waals surface area contributed by atoms with Crippen LogP contribution in [-0.4, -0.2) is 40.5 Å². The second kappa shape index (κ2) is 9.21. The van der Waals surface area contributed by atoms with Crippen molar-refractivity contribution in [3.05, 3.63) is 46.6 Å². The first kappa shape index (κ1) is 21.0. The molecule has 3 aromatic rings. The van der Waals surface area contributed by atoms with Crippen LogP contribution in [0.4, 0.5) is 0 Å². The summed E-state index contributed by atoms with van der Waals surface area (Å²) in [6, 6.07) is 9.42. The third-order valence-corrected chi connectivity index (χ3v) is 4.33. The van der Waals surface area contributed by atoms with Gasteiger partial charge in [0.05, 0.1) is 38.9 Å². The van der Waals surface area contributed by atoms with E-state index in [0.717, 1.165) is 0 Å². The summed E-state index contributed by atoms with van der Waals surface area (Å²) in [6.07, 6.45) is 0. The van der Waals surface area contributed by atoms with Gasteiger partial charge in [0, 0.05) is 18.2 Å². The lowest BCUT2D eigenvalue weighted by atomic mass is 10.1. The van der Waals surface area contributed by atoms with Crippen molar-refractivity contribution < 1.29 is 32.9 Å². The van der Waals surface area contributed by atoms with Gasteiger partial charge in [0.25, 0.3) is 0 Å². The van der Waals surface area contributed by atoms with E-state index in [0.29, 0.717) is 39.5 Å². The summed E-state index contributed by atoms with van der Waals surface area (Å²) in [5.41, 5.74) is 0.586. The van der Waals surface area contributed by atoms with E-state index in [9.17, 15) is 9.59 Å². The molecule has 0 bridgehead atoms. The maximum absolute atomic E-state index is 12.6. The molecule has 0 aliphatic heterocycles. The summed E-state index contributed by atoms with van der Waals surface area (Å²) in [5.74, 6) is 1.56. The van der Waals surface area contributed by atoms with Crippen molar-refractivity contribution in [2.24, 2.45) is 0 Å². The fourth-order valence-electron chi connectivity index (χ4n) is 2.92. The van der Waals surface area contributed by atoms with Crippen molar-refractivity contribution in [2.45, 2.75) is 6.92 Å². The van der Waals surface area contributed by atoms with E-state index in [1.807, 2.05) is 0 Å². The number of carbonyl (C=O) groups excluding carboxylic acids is 1. The lowest BCUT2D eigenvalue weighted by Crippen LogP contribution is -2.14. The van der Waals surface area contributed by atoms with Crippen LogP contribution in [-0.2, 0) is 9.53 Å². The van der Waals surface area contributed by atoms with Crippen LogP contribution in [0.25, 0.3) is 22.3 Å². The largest absolute Gasteiger partial charge is 0.496 e. The Morgan fingerprint density at radius 1 is 0.933 bits per heavy atom. The topological polar surface area (TPSA) is 93.4 Å². The highest BCUT2D eigenvalue weighted by Gasteiger charge is 2.17. The van der Waals surface area contributed by atoms with Crippen molar-refractivity contribution >= 4 is 16.9 Å². The van der Waals surface area contributed by atoms with E-state index in [2.05, 4.69) is 0 Å². The Morgan fingerprint density at radius 2 is 1.63 bits per heavy atom. The maximum Gasteiger partial charge on any atom is 0.344 e. The minimum absolute atomic E-state index is 0.236. The summed E-state index contributed by atoms with van der Waals surface area (Å²) in [4.78, 5) is 24.1. The normalized spacial score (nSPS) is 10.5. The van der Waals surface area contributed by atoms with Gasteiger partial charge in [-0.05, 0) is 25.1 Å². The Kier molecular flexibility index (Phi) is 6.46. The molecule has 0 radical (unpaired) electrons. The Balaban J connectivity index is 2.05. The molecule has 8 nitrogen and oxygen atoms in total. The molecule has 0 spiro atoms. The first-order valence-corrected chi connectivity index (χ1v) is 9.17. The molecule has 1 heterocycles. The zero-order valence-corrected chi connectivity index (χ0v) is 17.1. The van der Waals surface area contributed by atoms with Crippen LogP contribution in [0.3, 0.4) is 0 Å². The van der Waals surface area contributed by atoms with Gasteiger partial charge in [-0.2, -0.15) is 0 Å². The molecular formula is C22H22O8. The fourth-order valence-corrected chi connectivity index (χ4v) is 2.92. The molecule has 2 aromatic carbocycles. The molecule has 0 amide bonds. The van der Waals surface area contributed by atoms with Crippen LogP contribution in [0.2, 0.25) is 0 Å². The van der Waals surface area contributed by atoms with Crippen molar-refractivity contribution in [2.75, 3.05) is 34.5 Å². The van der Waals surface area contributed by atoms with Crippen LogP contribution >= 0.6 is 0 Å². The Hall–Kier alpha value is -3.68. The molecule has 0 saturated carbocycles. The van der Waals surface area contributed by atoms with Gasteiger partial charge in [-0.3, -0.25) is 4.79 Å². The van der Waals surface area contributed by atoms with E-state index < -0.39 is 5.97 Å². The second-order valence-corrected chi connectivity index (χ2v) is 6.13. The van der Waals surface area contributed by atoms with Crippen LogP contribution in [0.15, 0.2) is 45.6 Å². The maximum atomic E-state index is 12.6. The highest BCUT2D eigenvalue weighted by Crippen LogP contribution is 2.40. The third kappa shape index (κ3) is 4.32. The molecule has 158 valence electrons. The summed E-state index contributed by atoms with van der Waals surface area (Å²) in [5, 5.41) is 0.377.